The van der Waals surface area contributed by atoms with Crippen LogP contribution in [0, 0.1) is 0 Å². The number of carbonyl (C=O) groups is 1. The number of aliphatic carboxylic acids is 1. The van der Waals surface area contributed by atoms with Gasteiger partial charge >= 0.3 is 5.97 Å². The highest BCUT2D eigenvalue weighted by Gasteiger charge is 2.28. The van der Waals surface area contributed by atoms with Crippen LogP contribution in [0.25, 0.3) is 0 Å². The van der Waals surface area contributed by atoms with Crippen molar-refractivity contribution in [2.45, 2.75) is 32.2 Å². The first-order valence-electron chi connectivity index (χ1n) is 5.42. The van der Waals surface area contributed by atoms with Crippen LogP contribution >= 0.6 is 0 Å². The molecule has 0 rings (SSSR count). The standard InChI is InChI=1S/C11H19F2N3O2/c1-7(14)16-6-9(13)8(5-12)3-4-11(2,15)10(17)18/h3-6,15H2,1-2H3,(H2,14,16)(H,17,18). The number of halogens is 2. The predicted molar refractivity (Wildman–Crippen MR) is 65.7 cm³/mol. The summed E-state index contributed by atoms with van der Waals surface area (Å²) in [5, 5.41) is 8.77. The number of hydrogen-bond donors (Lipinski definition) is 3. The van der Waals surface area contributed by atoms with Gasteiger partial charge in [0.2, 0.25) is 0 Å². The zero-order valence-electron chi connectivity index (χ0n) is 10.5. The van der Waals surface area contributed by atoms with E-state index in [9.17, 15) is 13.6 Å². The van der Waals surface area contributed by atoms with E-state index in [0.29, 0.717) is 0 Å². The summed E-state index contributed by atoms with van der Waals surface area (Å²) >= 11 is 0. The Morgan fingerprint density at radius 2 is 2.06 bits per heavy atom. The lowest BCUT2D eigenvalue weighted by atomic mass is 9.94. The molecule has 5 N–H and O–H groups in total. The van der Waals surface area contributed by atoms with E-state index >= 15 is 0 Å². The third-order valence-electron chi connectivity index (χ3n) is 2.45. The second kappa shape index (κ2) is 7.05. The van der Waals surface area contributed by atoms with E-state index in [2.05, 4.69) is 4.99 Å². The fourth-order valence-corrected chi connectivity index (χ4v) is 1.10. The van der Waals surface area contributed by atoms with Gasteiger partial charge in [-0.1, -0.05) is 0 Å². The van der Waals surface area contributed by atoms with Crippen LogP contribution in [0.2, 0.25) is 0 Å². The van der Waals surface area contributed by atoms with Crippen molar-refractivity contribution in [3.8, 4) is 0 Å². The third kappa shape index (κ3) is 5.72. The summed E-state index contributed by atoms with van der Waals surface area (Å²) in [5.74, 6) is -1.75. The van der Waals surface area contributed by atoms with Crippen molar-refractivity contribution in [1.82, 2.24) is 0 Å². The number of allylic oxidation sites excluding steroid dienone is 1. The molecule has 0 aliphatic heterocycles. The van der Waals surface area contributed by atoms with Gasteiger partial charge in [0, 0.05) is 0 Å². The lowest BCUT2D eigenvalue weighted by molar-refractivity contribution is -0.142. The van der Waals surface area contributed by atoms with Crippen LogP contribution in [-0.2, 0) is 4.79 Å². The maximum Gasteiger partial charge on any atom is 0.323 e. The molecule has 0 heterocycles. The largest absolute Gasteiger partial charge is 0.480 e. The van der Waals surface area contributed by atoms with E-state index in [-0.39, 0.29) is 30.8 Å². The van der Waals surface area contributed by atoms with Crippen molar-refractivity contribution < 1.29 is 18.7 Å². The Morgan fingerprint density at radius 1 is 1.50 bits per heavy atom. The molecule has 0 saturated heterocycles. The van der Waals surface area contributed by atoms with Crippen molar-refractivity contribution in [1.29, 1.82) is 0 Å². The van der Waals surface area contributed by atoms with E-state index in [1.54, 1.807) is 0 Å². The molecule has 0 aliphatic carbocycles. The van der Waals surface area contributed by atoms with Gasteiger partial charge in [0.1, 0.15) is 18.0 Å². The van der Waals surface area contributed by atoms with Gasteiger partial charge in [-0.05, 0) is 32.3 Å². The lowest BCUT2D eigenvalue weighted by Gasteiger charge is -2.19. The van der Waals surface area contributed by atoms with Crippen LogP contribution < -0.4 is 11.5 Å². The number of carboxylic acid groups (broad SMARTS) is 1. The van der Waals surface area contributed by atoms with Gasteiger partial charge in [0.15, 0.2) is 0 Å². The van der Waals surface area contributed by atoms with Gasteiger partial charge in [-0.2, -0.15) is 0 Å². The second-order valence-electron chi connectivity index (χ2n) is 4.32. The van der Waals surface area contributed by atoms with Gasteiger partial charge in [-0.25, -0.2) is 8.78 Å². The van der Waals surface area contributed by atoms with E-state index in [4.69, 9.17) is 16.6 Å². The number of aliphatic imine (C=N–C) groups is 1. The molecule has 7 heteroatoms. The number of nitrogens with two attached hydrogens (primary N) is 2. The predicted octanol–water partition coefficient (Wildman–Crippen LogP) is 1.14. The highest BCUT2D eigenvalue weighted by molar-refractivity contribution is 5.78. The monoisotopic (exact) mass is 263 g/mol. The van der Waals surface area contributed by atoms with Crippen LogP contribution in [0.15, 0.2) is 16.4 Å². The van der Waals surface area contributed by atoms with Crippen LogP contribution in [0.4, 0.5) is 8.78 Å². The van der Waals surface area contributed by atoms with Crippen molar-refractivity contribution in [3.63, 3.8) is 0 Å². The number of rotatable bonds is 7. The summed E-state index contributed by atoms with van der Waals surface area (Å²) in [6.07, 6.45) is -0.124. The quantitative estimate of drug-likeness (QED) is 0.473. The average Bonchev–Trinajstić information content (AvgIpc) is 2.26. The molecule has 5 nitrogen and oxygen atoms in total. The molecular weight excluding hydrogens is 244 g/mol. The highest BCUT2D eigenvalue weighted by atomic mass is 19.1. The second-order valence-corrected chi connectivity index (χ2v) is 4.32. The zero-order chi connectivity index (χ0) is 14.3. The van der Waals surface area contributed by atoms with Gasteiger partial charge in [0.05, 0.1) is 12.4 Å². The summed E-state index contributed by atoms with van der Waals surface area (Å²) in [6.45, 7) is 1.45. The molecule has 104 valence electrons. The highest BCUT2D eigenvalue weighted by Crippen LogP contribution is 2.19. The molecule has 0 aromatic carbocycles. The molecule has 0 aliphatic rings. The normalized spacial score (nSPS) is 17.1. The molecule has 0 aromatic heterocycles. The fourth-order valence-electron chi connectivity index (χ4n) is 1.10. The first-order chi connectivity index (χ1) is 8.20. The molecular formula is C11H19F2N3O2. The number of nitrogens with zero attached hydrogens (tertiary/aromatic N) is 1. The van der Waals surface area contributed by atoms with E-state index in [0.717, 1.165) is 0 Å². The molecule has 0 spiro atoms. The maximum atomic E-state index is 13.5. The number of hydrogen-bond acceptors (Lipinski definition) is 3. The Balaban J connectivity index is 4.65. The summed E-state index contributed by atoms with van der Waals surface area (Å²) in [6, 6.07) is 0. The number of alkyl halides is 1. The van der Waals surface area contributed by atoms with Crippen LogP contribution in [0.3, 0.4) is 0 Å². The Bertz CT molecular complexity index is 361. The van der Waals surface area contributed by atoms with Crippen molar-refractivity contribution >= 4 is 11.8 Å². The molecule has 0 aromatic rings. The Labute approximate surface area is 105 Å². The first kappa shape index (κ1) is 16.5. The molecule has 0 fully saturated rings. The Hall–Kier alpha value is -1.50. The van der Waals surface area contributed by atoms with Gasteiger partial charge in [-0.3, -0.25) is 9.79 Å². The minimum Gasteiger partial charge on any atom is -0.480 e. The molecule has 0 radical (unpaired) electrons. The molecule has 0 amide bonds. The zero-order valence-corrected chi connectivity index (χ0v) is 10.5. The Kier molecular flexibility index (Phi) is 6.46. The third-order valence-corrected chi connectivity index (χ3v) is 2.45. The van der Waals surface area contributed by atoms with Crippen molar-refractivity contribution in [3.05, 3.63) is 11.4 Å². The smallest absolute Gasteiger partial charge is 0.323 e. The van der Waals surface area contributed by atoms with Crippen LogP contribution in [0.1, 0.15) is 26.7 Å². The maximum absolute atomic E-state index is 13.5. The minimum atomic E-state index is -1.51. The van der Waals surface area contributed by atoms with Crippen molar-refractivity contribution in [2.24, 2.45) is 16.5 Å². The van der Waals surface area contributed by atoms with Gasteiger partial charge < -0.3 is 16.6 Å². The topological polar surface area (TPSA) is 102 Å². The van der Waals surface area contributed by atoms with E-state index < -0.39 is 24.0 Å². The summed E-state index contributed by atoms with van der Waals surface area (Å²) in [4.78, 5) is 14.4. The number of carboxylic acids is 1. The van der Waals surface area contributed by atoms with Crippen molar-refractivity contribution in [2.75, 3.05) is 13.2 Å². The SMILES string of the molecule is CC(N)=NCC(F)=C(CF)CCC(C)(N)C(=O)O. The molecule has 1 atom stereocenters. The van der Waals surface area contributed by atoms with E-state index in [1.807, 2.05) is 0 Å². The molecule has 18 heavy (non-hydrogen) atoms. The molecule has 0 saturated carbocycles. The van der Waals surface area contributed by atoms with Gasteiger partial charge in [-0.15, -0.1) is 0 Å². The van der Waals surface area contributed by atoms with E-state index in [1.165, 1.54) is 13.8 Å². The number of amidine groups is 1. The Morgan fingerprint density at radius 3 is 2.44 bits per heavy atom. The lowest BCUT2D eigenvalue weighted by Crippen LogP contribution is -2.44. The summed E-state index contributed by atoms with van der Waals surface area (Å²) in [7, 11) is 0. The van der Waals surface area contributed by atoms with Gasteiger partial charge in [0.25, 0.3) is 0 Å². The summed E-state index contributed by atoms with van der Waals surface area (Å²) in [5.41, 5.74) is 9.07. The summed E-state index contributed by atoms with van der Waals surface area (Å²) < 4.78 is 26.1. The average molecular weight is 263 g/mol. The molecule has 1 unspecified atom stereocenters. The minimum absolute atomic E-state index is 0.0552. The first-order valence-corrected chi connectivity index (χ1v) is 5.42. The fraction of sp³-hybridized carbons (Fsp3) is 0.636. The van der Waals surface area contributed by atoms with Crippen LogP contribution in [-0.4, -0.2) is 35.7 Å². The van der Waals surface area contributed by atoms with Crippen LogP contribution in [0.5, 0.6) is 0 Å². The molecule has 0 bridgehead atoms.